The topological polar surface area (TPSA) is 34.6 Å². The summed E-state index contributed by atoms with van der Waals surface area (Å²) in [6.07, 6.45) is 0. The molecule has 0 unspecified atom stereocenters. The Morgan fingerprint density at radius 2 is 0.648 bits per heavy atom. The Morgan fingerprint density at radius 1 is 0.307 bits per heavy atom. The van der Waals surface area contributed by atoms with E-state index < -0.39 is 10.8 Å². The van der Waals surface area contributed by atoms with Crippen molar-refractivity contribution in [1.29, 1.82) is 5.26 Å². The average Bonchev–Trinajstić information content (AvgIpc) is 1.53. The van der Waals surface area contributed by atoms with Crippen LogP contribution in [0.2, 0.25) is 0 Å². The van der Waals surface area contributed by atoms with Gasteiger partial charge in [-0.05, 0) is 161 Å². The second-order valence-corrected chi connectivity index (χ2v) is 22.8. The van der Waals surface area contributed by atoms with Gasteiger partial charge in [-0.3, -0.25) is 0 Å². The third kappa shape index (κ3) is 7.90. The van der Waals surface area contributed by atoms with Crippen molar-refractivity contribution < 1.29 is 0 Å². The standard InChI is InChI=1S/C84H54N4/c1-86-63-42-48-65(49-43-63)87(67-50-52-71-69-30-18-20-36-77(69)83(79(71)54-67,59-22-6-2-7-23-59)60-24-8-3-9-25-60)64-46-40-58(41-47-64)81-73-32-14-16-34-75(73)82(76-35-17-15-33-74(76)81)88(66-44-38-57(56-85)39-45-66)68-51-53-72-70-31-19-21-37-78(70)84(80(72)55-68,61-26-10-4-11-27-61)62-28-12-5-13-29-62/h2-55H. The van der Waals surface area contributed by atoms with Gasteiger partial charge in [0.15, 0.2) is 5.69 Å². The SMILES string of the molecule is [C-]#[N+]c1ccc(N(c2ccc(-c3c4ccccc4c(N(c4ccc(C#N)cc4)c4ccc5c(c4)C(c4ccccc4)(c4ccccc4)c4ccccc4-5)c4ccccc34)cc2)c2ccc3c(c2)C(c2ccccc2)(c2ccccc2)c2ccccc2-3)cc1. The number of nitrogens with zero attached hydrogens (tertiary/aromatic N) is 4. The zero-order valence-electron chi connectivity index (χ0n) is 48.0. The van der Waals surface area contributed by atoms with E-state index in [4.69, 9.17) is 6.57 Å². The first-order chi connectivity index (χ1) is 43.6. The van der Waals surface area contributed by atoms with Crippen LogP contribution in [-0.2, 0) is 10.8 Å². The molecule has 0 heterocycles. The van der Waals surface area contributed by atoms with Crippen molar-refractivity contribution >= 4 is 61.4 Å². The monoisotopic (exact) mass is 1120 g/mol. The summed E-state index contributed by atoms with van der Waals surface area (Å²) < 4.78 is 0. The van der Waals surface area contributed by atoms with Crippen molar-refractivity contribution in [3.05, 3.63) is 389 Å². The summed E-state index contributed by atoms with van der Waals surface area (Å²) in [7, 11) is 0. The number of nitriles is 1. The molecule has 16 rings (SSSR count). The molecule has 0 saturated carbocycles. The zero-order valence-corrected chi connectivity index (χ0v) is 48.0. The first-order valence-corrected chi connectivity index (χ1v) is 29.9. The summed E-state index contributed by atoms with van der Waals surface area (Å²) in [6, 6.07) is 121. The molecule has 4 heteroatoms. The van der Waals surface area contributed by atoms with Crippen LogP contribution in [0.4, 0.5) is 39.8 Å². The van der Waals surface area contributed by atoms with Crippen LogP contribution in [0.15, 0.2) is 328 Å². The van der Waals surface area contributed by atoms with Crippen LogP contribution in [0, 0.1) is 17.9 Å². The van der Waals surface area contributed by atoms with Crippen molar-refractivity contribution in [2.24, 2.45) is 0 Å². The highest BCUT2D eigenvalue weighted by molar-refractivity contribution is 6.22. The van der Waals surface area contributed by atoms with Gasteiger partial charge in [0.05, 0.1) is 34.7 Å². The van der Waals surface area contributed by atoms with E-state index in [1.165, 1.54) is 66.8 Å². The molecule has 0 radical (unpaired) electrons. The molecule has 0 bridgehead atoms. The molecule has 0 amide bonds. The van der Waals surface area contributed by atoms with Gasteiger partial charge in [0.1, 0.15) is 0 Å². The van der Waals surface area contributed by atoms with E-state index in [1.807, 2.05) is 24.3 Å². The van der Waals surface area contributed by atoms with Gasteiger partial charge in [-0.2, -0.15) is 5.26 Å². The lowest BCUT2D eigenvalue weighted by molar-refractivity contribution is 0.768. The smallest absolute Gasteiger partial charge is 0.187 e. The highest BCUT2D eigenvalue weighted by atomic mass is 15.2. The normalized spacial score (nSPS) is 12.9. The van der Waals surface area contributed by atoms with Crippen molar-refractivity contribution in [2.75, 3.05) is 9.80 Å². The molecule has 4 nitrogen and oxygen atoms in total. The molecule has 14 aromatic rings. The third-order valence-electron chi connectivity index (χ3n) is 18.4. The third-order valence-corrected chi connectivity index (χ3v) is 18.4. The number of rotatable bonds is 11. The second kappa shape index (κ2) is 21.1. The molecule has 0 aromatic heterocycles. The van der Waals surface area contributed by atoms with Crippen molar-refractivity contribution in [2.45, 2.75) is 10.8 Å². The minimum Gasteiger partial charge on any atom is -0.311 e. The van der Waals surface area contributed by atoms with Gasteiger partial charge in [0, 0.05) is 39.2 Å². The van der Waals surface area contributed by atoms with E-state index in [2.05, 4.69) is 324 Å². The summed E-state index contributed by atoms with van der Waals surface area (Å²) in [4.78, 5) is 8.54. The summed E-state index contributed by atoms with van der Waals surface area (Å²) in [5, 5.41) is 14.6. The van der Waals surface area contributed by atoms with Crippen LogP contribution in [0.25, 0.3) is 59.8 Å². The molecule has 0 saturated heterocycles. The Kier molecular flexibility index (Phi) is 12.4. The maximum Gasteiger partial charge on any atom is 0.187 e. The molecule has 2 aliphatic carbocycles. The highest BCUT2D eigenvalue weighted by Crippen LogP contribution is 2.60. The largest absolute Gasteiger partial charge is 0.311 e. The number of benzene rings is 14. The van der Waals surface area contributed by atoms with Gasteiger partial charge in [0.2, 0.25) is 0 Å². The van der Waals surface area contributed by atoms with Gasteiger partial charge in [0.25, 0.3) is 0 Å². The summed E-state index contributed by atoms with van der Waals surface area (Å²) in [6.45, 7) is 7.88. The van der Waals surface area contributed by atoms with E-state index in [9.17, 15) is 5.26 Å². The fourth-order valence-electron chi connectivity index (χ4n) is 14.8. The van der Waals surface area contributed by atoms with Crippen LogP contribution >= 0.6 is 0 Å². The molecule has 0 aliphatic heterocycles. The van der Waals surface area contributed by atoms with E-state index in [1.54, 1.807) is 0 Å². The Bertz CT molecular complexity index is 4950. The molecular weight excluding hydrogens is 1060 g/mol. The zero-order chi connectivity index (χ0) is 58.8. The fourth-order valence-corrected chi connectivity index (χ4v) is 14.8. The van der Waals surface area contributed by atoms with Gasteiger partial charge in [-0.15, -0.1) is 0 Å². The first kappa shape index (κ1) is 51.8. The van der Waals surface area contributed by atoms with Gasteiger partial charge < -0.3 is 9.80 Å². The minimum atomic E-state index is -0.612. The predicted octanol–water partition coefficient (Wildman–Crippen LogP) is 21.7. The van der Waals surface area contributed by atoms with Gasteiger partial charge in [-0.25, -0.2) is 4.85 Å². The molecule has 0 fully saturated rings. The Balaban J connectivity index is 0.880. The molecule has 88 heavy (non-hydrogen) atoms. The Labute approximate surface area is 512 Å². The summed E-state index contributed by atoms with van der Waals surface area (Å²) in [5.41, 5.74) is 22.8. The molecule has 0 atom stereocenters. The van der Waals surface area contributed by atoms with Crippen LogP contribution in [-0.4, -0.2) is 0 Å². The van der Waals surface area contributed by atoms with E-state index in [0.717, 1.165) is 66.8 Å². The first-order valence-electron chi connectivity index (χ1n) is 29.9. The maximum absolute atomic E-state index is 10.2. The van der Waals surface area contributed by atoms with E-state index >= 15 is 0 Å². The van der Waals surface area contributed by atoms with Crippen molar-refractivity contribution in [1.82, 2.24) is 0 Å². The van der Waals surface area contributed by atoms with Crippen molar-refractivity contribution in [3.63, 3.8) is 0 Å². The Hall–Kier alpha value is -11.8. The number of hydrogen-bond acceptors (Lipinski definition) is 3. The predicted molar refractivity (Wildman–Crippen MR) is 362 cm³/mol. The number of anilines is 6. The fraction of sp³-hybridized carbons (Fsp3) is 0.0238. The molecule has 14 aromatic carbocycles. The quantitative estimate of drug-likeness (QED) is 0.0956. The lowest BCUT2D eigenvalue weighted by Gasteiger charge is -2.35. The van der Waals surface area contributed by atoms with Gasteiger partial charge >= 0.3 is 0 Å². The molecular formula is C84H54N4. The average molecular weight is 1120 g/mol. The number of fused-ring (bicyclic) bond motifs is 8. The maximum atomic E-state index is 10.2. The lowest BCUT2D eigenvalue weighted by atomic mass is 9.67. The van der Waals surface area contributed by atoms with Crippen LogP contribution in [0.3, 0.4) is 0 Å². The summed E-state index contributed by atoms with van der Waals surface area (Å²) >= 11 is 0. The Morgan fingerprint density at radius 3 is 1.08 bits per heavy atom. The van der Waals surface area contributed by atoms with Crippen LogP contribution in [0.1, 0.15) is 50.1 Å². The van der Waals surface area contributed by atoms with Crippen LogP contribution < -0.4 is 9.80 Å². The molecule has 410 valence electrons. The minimum absolute atomic E-state index is 0.584. The number of hydrogen-bond donors (Lipinski definition) is 0. The van der Waals surface area contributed by atoms with E-state index in [-0.39, 0.29) is 0 Å². The van der Waals surface area contributed by atoms with E-state index in [0.29, 0.717) is 11.3 Å². The van der Waals surface area contributed by atoms with Crippen LogP contribution in [0.5, 0.6) is 0 Å². The second-order valence-electron chi connectivity index (χ2n) is 22.8. The van der Waals surface area contributed by atoms with Crippen molar-refractivity contribution in [3.8, 4) is 39.4 Å². The molecule has 2 aliphatic rings. The molecule has 0 N–H and O–H groups in total. The lowest BCUT2D eigenvalue weighted by Crippen LogP contribution is -2.28. The highest BCUT2D eigenvalue weighted by Gasteiger charge is 2.48. The summed E-state index contributed by atoms with van der Waals surface area (Å²) in [5.74, 6) is 0. The molecule has 0 spiro atoms. The van der Waals surface area contributed by atoms with Gasteiger partial charge in [-0.1, -0.05) is 255 Å².